The van der Waals surface area contributed by atoms with E-state index in [0.29, 0.717) is 25.3 Å². The second-order valence-corrected chi connectivity index (χ2v) is 13.5. The van der Waals surface area contributed by atoms with Crippen LogP contribution in [0.1, 0.15) is 62.3 Å². The summed E-state index contributed by atoms with van der Waals surface area (Å²) in [6.45, 7) is 5.25. The lowest BCUT2D eigenvalue weighted by molar-refractivity contribution is -0.143. The Bertz CT molecular complexity index is 1590. The van der Waals surface area contributed by atoms with Gasteiger partial charge in [-0.25, -0.2) is 4.39 Å². The molecule has 0 radical (unpaired) electrons. The van der Waals surface area contributed by atoms with Crippen LogP contribution in [0.4, 0.5) is 17.6 Å². The van der Waals surface area contributed by atoms with Gasteiger partial charge in [0.25, 0.3) is 0 Å². The molecule has 270 valence electrons. The van der Waals surface area contributed by atoms with E-state index in [0.717, 1.165) is 23.3 Å². The fourth-order valence-electron chi connectivity index (χ4n) is 6.71. The molecule has 3 aromatic rings. The number of aryl methyl sites for hydroxylation is 1. The highest BCUT2D eigenvalue weighted by Gasteiger charge is 2.50. The van der Waals surface area contributed by atoms with Crippen LogP contribution in [-0.4, -0.2) is 64.5 Å². The number of carbonyl (C=O) groups excluding carboxylic acids is 3. The third-order valence-corrected chi connectivity index (χ3v) is 8.91. The Kier molecular flexibility index (Phi) is 13.2. The molecule has 50 heavy (non-hydrogen) atoms. The second-order valence-electron chi connectivity index (χ2n) is 13.5. The van der Waals surface area contributed by atoms with E-state index in [1.807, 2.05) is 74.5 Å². The minimum Gasteiger partial charge on any atom is -0.390 e. The number of likely N-dealkylation sites (tertiary alicyclic amines) is 1. The standard InChI is InChI=1S/C38H46F4N4O4/c1-25(2)22-37(45-26(3)47)16-17-46(36(37)50)33(15-14-27-10-6-4-7-11-27)35(49)44-32(20-28-12-8-5-9-13-28)34(48)24-43-23-29-18-30(38(40,41)42)21-31(39)19-29/h4-13,18-19,21,25,32-34,43,48H,14-17,20,22-24H2,1-3H3,(H,44,49)(H,45,47)/t32-,33?,34+,37-/m0/s1. The van der Waals surface area contributed by atoms with Crippen LogP contribution in [0.2, 0.25) is 0 Å². The van der Waals surface area contributed by atoms with Crippen molar-refractivity contribution in [1.29, 1.82) is 0 Å². The van der Waals surface area contributed by atoms with Crippen LogP contribution in [-0.2, 0) is 39.9 Å². The molecule has 0 aliphatic carbocycles. The van der Waals surface area contributed by atoms with Crippen molar-refractivity contribution in [1.82, 2.24) is 20.9 Å². The van der Waals surface area contributed by atoms with Crippen molar-refractivity contribution in [3.05, 3.63) is 107 Å². The normalized spacial score (nSPS) is 18.2. The maximum atomic E-state index is 14.2. The molecule has 1 aliphatic rings. The monoisotopic (exact) mass is 698 g/mol. The number of aliphatic hydroxyl groups is 1. The summed E-state index contributed by atoms with van der Waals surface area (Å²) in [7, 11) is 0. The van der Waals surface area contributed by atoms with E-state index in [1.165, 1.54) is 11.8 Å². The van der Waals surface area contributed by atoms with Crippen LogP contribution in [0.5, 0.6) is 0 Å². The van der Waals surface area contributed by atoms with Crippen LogP contribution in [0.25, 0.3) is 0 Å². The van der Waals surface area contributed by atoms with Crippen molar-refractivity contribution < 1.29 is 37.1 Å². The number of halogens is 4. The summed E-state index contributed by atoms with van der Waals surface area (Å²) < 4.78 is 53.6. The number of hydrogen-bond acceptors (Lipinski definition) is 5. The van der Waals surface area contributed by atoms with E-state index in [4.69, 9.17) is 0 Å². The van der Waals surface area contributed by atoms with Gasteiger partial charge in [-0.2, -0.15) is 13.2 Å². The molecule has 1 aliphatic heterocycles. The zero-order valence-electron chi connectivity index (χ0n) is 28.6. The fourth-order valence-corrected chi connectivity index (χ4v) is 6.71. The van der Waals surface area contributed by atoms with Crippen molar-refractivity contribution in [2.75, 3.05) is 13.1 Å². The topological polar surface area (TPSA) is 111 Å². The highest BCUT2D eigenvalue weighted by molar-refractivity contribution is 5.96. The van der Waals surface area contributed by atoms with Gasteiger partial charge in [-0.1, -0.05) is 74.5 Å². The second kappa shape index (κ2) is 17.1. The van der Waals surface area contributed by atoms with E-state index < -0.39 is 47.2 Å². The summed E-state index contributed by atoms with van der Waals surface area (Å²) in [4.78, 5) is 42.1. The summed E-state index contributed by atoms with van der Waals surface area (Å²) in [6, 6.07) is 19.2. The highest BCUT2D eigenvalue weighted by Crippen LogP contribution is 2.33. The van der Waals surface area contributed by atoms with Crippen molar-refractivity contribution >= 4 is 17.7 Å². The van der Waals surface area contributed by atoms with Gasteiger partial charge in [0.15, 0.2) is 0 Å². The van der Waals surface area contributed by atoms with Crippen LogP contribution in [0.15, 0.2) is 78.9 Å². The average Bonchev–Trinajstić information content (AvgIpc) is 3.34. The number of rotatable bonds is 16. The molecule has 4 atom stereocenters. The maximum absolute atomic E-state index is 14.2. The molecule has 1 heterocycles. The summed E-state index contributed by atoms with van der Waals surface area (Å²) in [5, 5.41) is 20.1. The molecule has 1 saturated heterocycles. The molecule has 4 rings (SSSR count). The van der Waals surface area contributed by atoms with Crippen molar-refractivity contribution in [3.8, 4) is 0 Å². The Balaban J connectivity index is 1.56. The molecule has 0 aromatic heterocycles. The molecule has 4 N–H and O–H groups in total. The zero-order chi connectivity index (χ0) is 36.5. The molecule has 0 spiro atoms. The molecule has 0 saturated carbocycles. The first kappa shape index (κ1) is 38.5. The molecule has 8 nitrogen and oxygen atoms in total. The third kappa shape index (κ3) is 10.6. The predicted octanol–water partition coefficient (Wildman–Crippen LogP) is 5.18. The van der Waals surface area contributed by atoms with E-state index in [-0.39, 0.29) is 55.8 Å². The number of alkyl halides is 3. The molecule has 1 fully saturated rings. The number of hydrogen-bond donors (Lipinski definition) is 4. The molecular formula is C38H46F4N4O4. The summed E-state index contributed by atoms with van der Waals surface area (Å²) in [5.41, 5.74) is -0.412. The maximum Gasteiger partial charge on any atom is 0.416 e. The van der Waals surface area contributed by atoms with E-state index in [1.54, 1.807) is 0 Å². The number of carbonyl (C=O) groups is 3. The van der Waals surface area contributed by atoms with Gasteiger partial charge < -0.3 is 26.0 Å². The number of nitrogens with zero attached hydrogens (tertiary/aromatic N) is 1. The van der Waals surface area contributed by atoms with Gasteiger partial charge in [-0.15, -0.1) is 0 Å². The van der Waals surface area contributed by atoms with Gasteiger partial charge in [-0.3, -0.25) is 14.4 Å². The van der Waals surface area contributed by atoms with Gasteiger partial charge in [0.05, 0.1) is 17.7 Å². The Morgan fingerprint density at radius 3 is 2.20 bits per heavy atom. The van der Waals surface area contributed by atoms with Crippen LogP contribution < -0.4 is 16.0 Å². The highest BCUT2D eigenvalue weighted by atomic mass is 19.4. The van der Waals surface area contributed by atoms with Gasteiger partial charge in [0, 0.05) is 26.6 Å². The van der Waals surface area contributed by atoms with Crippen LogP contribution in [0.3, 0.4) is 0 Å². The average molecular weight is 699 g/mol. The summed E-state index contributed by atoms with van der Waals surface area (Å²) >= 11 is 0. The number of aliphatic hydroxyl groups excluding tert-OH is 1. The smallest absolute Gasteiger partial charge is 0.390 e. The summed E-state index contributed by atoms with van der Waals surface area (Å²) in [6.07, 6.45) is -4.19. The molecule has 1 unspecified atom stereocenters. The quantitative estimate of drug-likeness (QED) is 0.154. The Hall–Kier alpha value is -4.29. The molecule has 3 aromatic carbocycles. The number of nitrogens with one attached hydrogen (secondary N) is 3. The van der Waals surface area contributed by atoms with E-state index in [9.17, 15) is 37.1 Å². The lowest BCUT2D eigenvalue weighted by Gasteiger charge is -2.34. The SMILES string of the molecule is CC(=O)N[C@]1(CC(C)C)CCN(C(CCc2ccccc2)C(=O)N[C@@H](Cc2ccccc2)[C@H](O)CNCc2cc(F)cc(C(F)(F)F)c2)C1=O. The van der Waals surface area contributed by atoms with Crippen LogP contribution >= 0.6 is 0 Å². The zero-order valence-corrected chi connectivity index (χ0v) is 28.6. The van der Waals surface area contributed by atoms with Gasteiger partial charge in [0.1, 0.15) is 17.4 Å². The van der Waals surface area contributed by atoms with Crippen LogP contribution in [0, 0.1) is 11.7 Å². The minimum atomic E-state index is -4.72. The van der Waals surface area contributed by atoms with Crippen molar-refractivity contribution in [2.45, 2.75) is 89.3 Å². The molecule has 3 amide bonds. The summed E-state index contributed by atoms with van der Waals surface area (Å²) in [5.74, 6) is -2.08. The largest absolute Gasteiger partial charge is 0.416 e. The van der Waals surface area contributed by atoms with Crippen molar-refractivity contribution in [3.63, 3.8) is 0 Å². The first-order valence-electron chi connectivity index (χ1n) is 16.9. The van der Waals surface area contributed by atoms with Gasteiger partial charge in [0.2, 0.25) is 17.7 Å². The van der Waals surface area contributed by atoms with Gasteiger partial charge in [-0.05, 0) is 72.9 Å². The predicted molar refractivity (Wildman–Crippen MR) is 182 cm³/mol. The molecular weight excluding hydrogens is 652 g/mol. The van der Waals surface area contributed by atoms with Crippen molar-refractivity contribution in [2.24, 2.45) is 5.92 Å². The molecule has 12 heteroatoms. The first-order valence-corrected chi connectivity index (χ1v) is 16.9. The number of benzene rings is 3. The third-order valence-electron chi connectivity index (χ3n) is 8.91. The van der Waals surface area contributed by atoms with E-state index in [2.05, 4.69) is 16.0 Å². The number of amides is 3. The Morgan fingerprint density at radius 1 is 0.960 bits per heavy atom. The molecule has 0 bridgehead atoms. The first-order chi connectivity index (χ1) is 23.7. The lowest BCUT2D eigenvalue weighted by atomic mass is 9.87. The van der Waals surface area contributed by atoms with E-state index >= 15 is 0 Å². The Labute approximate surface area is 290 Å². The lowest BCUT2D eigenvalue weighted by Crippen LogP contribution is -2.59. The Morgan fingerprint density at radius 2 is 1.60 bits per heavy atom. The van der Waals surface area contributed by atoms with Gasteiger partial charge >= 0.3 is 6.18 Å². The fraction of sp³-hybridized carbons (Fsp3) is 0.447. The minimum absolute atomic E-state index is 0.0470.